The van der Waals surface area contributed by atoms with Gasteiger partial charge in [-0.25, -0.2) is 4.39 Å². The number of nitrogens with one attached hydrogen (secondary N) is 1. The van der Waals surface area contributed by atoms with E-state index in [1.54, 1.807) is 23.9 Å². The molecule has 0 spiro atoms. The molecule has 104 valence electrons. The van der Waals surface area contributed by atoms with Crippen molar-refractivity contribution in [2.24, 2.45) is 0 Å². The second-order valence-electron chi connectivity index (χ2n) is 4.45. The van der Waals surface area contributed by atoms with Crippen LogP contribution in [0.2, 0.25) is 0 Å². The second kappa shape index (κ2) is 6.57. The summed E-state index contributed by atoms with van der Waals surface area (Å²) in [6.07, 6.45) is 2.01. The monoisotopic (exact) mass is 289 g/mol. The summed E-state index contributed by atoms with van der Waals surface area (Å²) < 4.78 is 13.5. The zero-order valence-electron chi connectivity index (χ0n) is 11.4. The van der Waals surface area contributed by atoms with E-state index >= 15 is 0 Å². The van der Waals surface area contributed by atoms with Gasteiger partial charge < -0.3 is 5.32 Å². The van der Waals surface area contributed by atoms with Crippen molar-refractivity contribution in [1.29, 1.82) is 0 Å². The molecule has 0 bridgehead atoms. The number of amides is 1. The van der Waals surface area contributed by atoms with Gasteiger partial charge in [-0.15, -0.1) is 11.8 Å². The van der Waals surface area contributed by atoms with Crippen LogP contribution in [0.5, 0.6) is 0 Å². The first-order valence-electron chi connectivity index (χ1n) is 6.31. The van der Waals surface area contributed by atoms with Crippen molar-refractivity contribution in [2.45, 2.75) is 17.9 Å². The quantitative estimate of drug-likeness (QED) is 0.861. The maximum absolute atomic E-state index is 13.5. The Morgan fingerprint density at radius 1 is 1.15 bits per heavy atom. The highest BCUT2D eigenvalue weighted by Crippen LogP contribution is 2.19. The van der Waals surface area contributed by atoms with Crippen molar-refractivity contribution in [3.8, 4) is 0 Å². The van der Waals surface area contributed by atoms with Crippen LogP contribution >= 0.6 is 11.8 Å². The molecule has 2 nitrogen and oxygen atoms in total. The molecule has 4 heteroatoms. The van der Waals surface area contributed by atoms with Gasteiger partial charge in [0.15, 0.2) is 0 Å². The predicted octanol–water partition coefficient (Wildman–Crippen LogP) is 4.04. The zero-order valence-corrected chi connectivity index (χ0v) is 12.2. The number of halogens is 1. The Hall–Kier alpha value is -1.81. The number of hydrogen-bond acceptors (Lipinski definition) is 2. The van der Waals surface area contributed by atoms with Crippen LogP contribution in [0, 0.1) is 5.82 Å². The van der Waals surface area contributed by atoms with E-state index in [0.717, 1.165) is 5.56 Å². The summed E-state index contributed by atoms with van der Waals surface area (Å²) in [7, 11) is 0. The van der Waals surface area contributed by atoms with Gasteiger partial charge in [0.1, 0.15) is 5.82 Å². The fraction of sp³-hybridized carbons (Fsp3) is 0.188. The minimum Gasteiger partial charge on any atom is -0.345 e. The number of hydrogen-bond donors (Lipinski definition) is 1. The van der Waals surface area contributed by atoms with Crippen LogP contribution in [0.3, 0.4) is 0 Å². The van der Waals surface area contributed by atoms with Crippen molar-refractivity contribution in [3.05, 3.63) is 65.5 Å². The van der Waals surface area contributed by atoms with E-state index in [1.165, 1.54) is 17.0 Å². The summed E-state index contributed by atoms with van der Waals surface area (Å²) in [5.74, 6) is -0.903. The highest BCUT2D eigenvalue weighted by atomic mass is 32.2. The lowest BCUT2D eigenvalue weighted by Gasteiger charge is -2.15. The Labute approximate surface area is 122 Å². The molecule has 0 radical (unpaired) electrons. The third-order valence-corrected chi connectivity index (χ3v) is 3.83. The molecule has 1 N–H and O–H groups in total. The van der Waals surface area contributed by atoms with E-state index in [-0.39, 0.29) is 11.6 Å². The van der Waals surface area contributed by atoms with E-state index in [2.05, 4.69) is 5.32 Å². The summed E-state index contributed by atoms with van der Waals surface area (Å²) in [6, 6.07) is 13.8. The second-order valence-corrected chi connectivity index (χ2v) is 5.33. The zero-order chi connectivity index (χ0) is 14.5. The van der Waals surface area contributed by atoms with Crippen LogP contribution in [0.4, 0.5) is 4.39 Å². The Morgan fingerprint density at radius 2 is 1.80 bits per heavy atom. The number of carbonyl (C=O) groups is 1. The molecule has 0 aliphatic rings. The Balaban J connectivity index is 2.09. The molecule has 0 saturated carbocycles. The highest BCUT2D eigenvalue weighted by molar-refractivity contribution is 7.98. The largest absolute Gasteiger partial charge is 0.345 e. The fourth-order valence-electron chi connectivity index (χ4n) is 1.90. The van der Waals surface area contributed by atoms with Crippen LogP contribution in [0.25, 0.3) is 0 Å². The van der Waals surface area contributed by atoms with Crippen LogP contribution < -0.4 is 5.32 Å². The molecule has 20 heavy (non-hydrogen) atoms. The first-order chi connectivity index (χ1) is 9.61. The minimum absolute atomic E-state index is 0.0695. The van der Waals surface area contributed by atoms with E-state index in [9.17, 15) is 9.18 Å². The van der Waals surface area contributed by atoms with Crippen molar-refractivity contribution >= 4 is 17.7 Å². The Kier molecular flexibility index (Phi) is 4.79. The van der Waals surface area contributed by atoms with Crippen LogP contribution in [-0.4, -0.2) is 12.2 Å². The van der Waals surface area contributed by atoms with Crippen molar-refractivity contribution < 1.29 is 9.18 Å². The summed E-state index contributed by atoms with van der Waals surface area (Å²) in [5, 5.41) is 2.81. The summed E-state index contributed by atoms with van der Waals surface area (Å²) >= 11 is 1.67. The number of carbonyl (C=O) groups excluding carboxylic acids is 1. The predicted molar refractivity (Wildman–Crippen MR) is 80.5 cm³/mol. The number of thioether (sulfide) groups is 1. The summed E-state index contributed by atoms with van der Waals surface area (Å²) in [4.78, 5) is 13.2. The molecule has 2 rings (SSSR count). The van der Waals surface area contributed by atoms with E-state index in [4.69, 9.17) is 0 Å². The lowest BCUT2D eigenvalue weighted by Crippen LogP contribution is -2.27. The maximum Gasteiger partial charge on any atom is 0.254 e. The van der Waals surface area contributed by atoms with Gasteiger partial charge in [0, 0.05) is 4.90 Å². The van der Waals surface area contributed by atoms with Crippen molar-refractivity contribution in [2.75, 3.05) is 6.26 Å². The summed E-state index contributed by atoms with van der Waals surface area (Å²) in [5.41, 5.74) is 1.06. The van der Waals surface area contributed by atoms with E-state index in [1.807, 2.05) is 37.4 Å². The number of benzene rings is 2. The molecule has 0 fully saturated rings. The molecular weight excluding hydrogens is 273 g/mol. The molecule has 0 aliphatic carbocycles. The van der Waals surface area contributed by atoms with Gasteiger partial charge in [-0.2, -0.15) is 0 Å². The van der Waals surface area contributed by atoms with Gasteiger partial charge in [-0.1, -0.05) is 24.3 Å². The standard InChI is InChI=1S/C16H16FNOS/c1-11(12-7-9-13(20-2)10-8-12)18-16(19)14-5-3-4-6-15(14)17/h3-11H,1-2H3,(H,18,19). The van der Waals surface area contributed by atoms with E-state index in [0.29, 0.717) is 0 Å². The van der Waals surface area contributed by atoms with Gasteiger partial charge in [0.25, 0.3) is 5.91 Å². The third-order valence-electron chi connectivity index (χ3n) is 3.08. The molecule has 1 amide bonds. The Morgan fingerprint density at radius 3 is 2.40 bits per heavy atom. The normalized spacial score (nSPS) is 11.9. The fourth-order valence-corrected chi connectivity index (χ4v) is 2.30. The van der Waals surface area contributed by atoms with Crippen LogP contribution in [0.15, 0.2) is 53.4 Å². The van der Waals surface area contributed by atoms with Crippen LogP contribution in [-0.2, 0) is 0 Å². The molecule has 0 aliphatic heterocycles. The lowest BCUT2D eigenvalue weighted by atomic mass is 10.1. The van der Waals surface area contributed by atoms with Crippen molar-refractivity contribution in [1.82, 2.24) is 5.32 Å². The van der Waals surface area contributed by atoms with Gasteiger partial charge in [0.05, 0.1) is 11.6 Å². The molecule has 2 aromatic carbocycles. The van der Waals surface area contributed by atoms with Gasteiger partial charge in [0.2, 0.25) is 0 Å². The molecule has 0 saturated heterocycles. The maximum atomic E-state index is 13.5. The average molecular weight is 289 g/mol. The molecule has 0 aromatic heterocycles. The Bertz CT molecular complexity index is 598. The minimum atomic E-state index is -0.505. The summed E-state index contributed by atoms with van der Waals surface area (Å²) in [6.45, 7) is 1.88. The molecule has 1 atom stereocenters. The topological polar surface area (TPSA) is 29.1 Å². The van der Waals surface area contributed by atoms with Gasteiger partial charge in [-0.05, 0) is 43.0 Å². The molecule has 2 aromatic rings. The smallest absolute Gasteiger partial charge is 0.254 e. The SMILES string of the molecule is CSc1ccc(C(C)NC(=O)c2ccccc2F)cc1. The van der Waals surface area contributed by atoms with Crippen LogP contribution in [0.1, 0.15) is 28.9 Å². The molecular formula is C16H16FNOS. The first kappa shape index (κ1) is 14.6. The van der Waals surface area contributed by atoms with Gasteiger partial charge >= 0.3 is 0 Å². The number of rotatable bonds is 4. The average Bonchev–Trinajstić information content (AvgIpc) is 2.47. The molecule has 1 unspecified atom stereocenters. The highest BCUT2D eigenvalue weighted by Gasteiger charge is 2.14. The third kappa shape index (κ3) is 3.39. The molecule has 0 heterocycles. The van der Waals surface area contributed by atoms with Crippen molar-refractivity contribution in [3.63, 3.8) is 0 Å². The van der Waals surface area contributed by atoms with Gasteiger partial charge in [-0.3, -0.25) is 4.79 Å². The first-order valence-corrected chi connectivity index (χ1v) is 7.53. The lowest BCUT2D eigenvalue weighted by molar-refractivity contribution is 0.0936. The van der Waals surface area contributed by atoms with E-state index < -0.39 is 11.7 Å².